The molecule has 3 heteroatoms. The van der Waals surface area contributed by atoms with Gasteiger partial charge in [0, 0.05) is 19.1 Å². The van der Waals surface area contributed by atoms with Crippen LogP contribution in [0.15, 0.2) is 30.3 Å². The minimum Gasteiger partial charge on any atom is -0.313 e. The van der Waals surface area contributed by atoms with E-state index >= 15 is 0 Å². The van der Waals surface area contributed by atoms with Crippen molar-refractivity contribution in [2.75, 3.05) is 26.2 Å². The van der Waals surface area contributed by atoms with Gasteiger partial charge in [-0.2, -0.15) is 5.26 Å². The lowest BCUT2D eigenvalue weighted by atomic mass is 9.88. The molecule has 1 aromatic carbocycles. The molecule has 2 rings (SSSR count). The van der Waals surface area contributed by atoms with Gasteiger partial charge in [-0.15, -0.1) is 0 Å². The molecule has 2 unspecified atom stereocenters. The van der Waals surface area contributed by atoms with Gasteiger partial charge in [-0.3, -0.25) is 4.90 Å². The summed E-state index contributed by atoms with van der Waals surface area (Å²) in [4.78, 5) is 2.27. The van der Waals surface area contributed by atoms with Crippen LogP contribution in [-0.2, 0) is 0 Å². The summed E-state index contributed by atoms with van der Waals surface area (Å²) in [6.45, 7) is 5.79. The minimum absolute atomic E-state index is 0.507. The van der Waals surface area contributed by atoms with Crippen molar-refractivity contribution in [3.05, 3.63) is 35.9 Å². The number of benzene rings is 1. The summed E-state index contributed by atoms with van der Waals surface area (Å²) < 4.78 is 0. The van der Waals surface area contributed by atoms with Gasteiger partial charge in [0.25, 0.3) is 0 Å². The number of nitrogens with one attached hydrogen (secondary N) is 1. The Labute approximate surface area is 116 Å². The first kappa shape index (κ1) is 14.0. The van der Waals surface area contributed by atoms with Crippen LogP contribution in [0.3, 0.4) is 0 Å². The van der Waals surface area contributed by atoms with E-state index in [2.05, 4.69) is 53.5 Å². The Balaban J connectivity index is 2.04. The molecular formula is C16H23N3. The second-order valence-electron chi connectivity index (χ2n) is 5.35. The number of hydrogen-bond acceptors (Lipinski definition) is 3. The summed E-state index contributed by atoms with van der Waals surface area (Å²) in [7, 11) is 0. The molecule has 0 saturated carbocycles. The summed E-state index contributed by atoms with van der Waals surface area (Å²) in [5.74, 6) is 0.539. The molecule has 1 saturated heterocycles. The van der Waals surface area contributed by atoms with E-state index in [1.807, 2.05) is 0 Å². The number of hydrogen-bond donors (Lipinski definition) is 1. The van der Waals surface area contributed by atoms with E-state index in [-0.39, 0.29) is 0 Å². The van der Waals surface area contributed by atoms with Crippen molar-refractivity contribution >= 4 is 0 Å². The van der Waals surface area contributed by atoms with Crippen LogP contribution in [0.1, 0.15) is 31.2 Å². The fourth-order valence-corrected chi connectivity index (χ4v) is 2.88. The molecule has 1 N–H and O–H groups in total. The van der Waals surface area contributed by atoms with Gasteiger partial charge in [0.1, 0.15) is 0 Å². The predicted molar refractivity (Wildman–Crippen MR) is 77.9 cm³/mol. The Morgan fingerprint density at radius 1 is 1.32 bits per heavy atom. The molecule has 1 heterocycles. The van der Waals surface area contributed by atoms with Crippen molar-refractivity contribution in [2.45, 2.75) is 31.7 Å². The van der Waals surface area contributed by atoms with Crippen molar-refractivity contribution in [1.29, 1.82) is 5.26 Å². The molecule has 1 aromatic rings. The fourth-order valence-electron chi connectivity index (χ4n) is 2.88. The summed E-state index contributed by atoms with van der Waals surface area (Å²) in [6.07, 6.45) is 2.33. The lowest BCUT2D eigenvalue weighted by Crippen LogP contribution is -2.48. The molecule has 102 valence electrons. The van der Waals surface area contributed by atoms with Crippen molar-refractivity contribution in [3.8, 4) is 6.07 Å². The molecular weight excluding hydrogens is 234 g/mol. The molecule has 2 atom stereocenters. The highest BCUT2D eigenvalue weighted by molar-refractivity contribution is 5.21. The van der Waals surface area contributed by atoms with Crippen molar-refractivity contribution in [2.24, 2.45) is 0 Å². The Bertz CT molecular complexity index is 410. The maximum Gasteiger partial charge on any atom is 0.0866 e. The third-order valence-electron chi connectivity index (χ3n) is 3.77. The number of piperidine rings is 1. The first-order valence-electron chi connectivity index (χ1n) is 7.21. The van der Waals surface area contributed by atoms with Crippen LogP contribution in [0.2, 0.25) is 0 Å². The van der Waals surface area contributed by atoms with Gasteiger partial charge >= 0.3 is 0 Å². The zero-order valence-electron chi connectivity index (χ0n) is 11.7. The zero-order valence-corrected chi connectivity index (χ0v) is 11.7. The number of rotatable bonds is 5. The second kappa shape index (κ2) is 7.28. The lowest BCUT2D eigenvalue weighted by molar-refractivity contribution is 0.189. The maximum atomic E-state index is 8.93. The minimum atomic E-state index is 0.507. The van der Waals surface area contributed by atoms with Crippen LogP contribution in [0.5, 0.6) is 0 Å². The molecule has 0 amide bonds. The average molecular weight is 257 g/mol. The topological polar surface area (TPSA) is 39.1 Å². The average Bonchev–Trinajstić information content (AvgIpc) is 2.46. The Morgan fingerprint density at radius 2 is 2.11 bits per heavy atom. The van der Waals surface area contributed by atoms with E-state index in [4.69, 9.17) is 5.26 Å². The van der Waals surface area contributed by atoms with Gasteiger partial charge in [-0.25, -0.2) is 0 Å². The molecule has 0 radical (unpaired) electrons. The van der Waals surface area contributed by atoms with Gasteiger partial charge in [0.05, 0.1) is 12.6 Å². The van der Waals surface area contributed by atoms with Gasteiger partial charge in [-0.05, 0) is 30.9 Å². The Morgan fingerprint density at radius 3 is 2.79 bits per heavy atom. The molecule has 1 aliphatic heterocycles. The van der Waals surface area contributed by atoms with E-state index in [0.29, 0.717) is 18.5 Å². The summed E-state index contributed by atoms with van der Waals surface area (Å²) in [5, 5.41) is 12.5. The van der Waals surface area contributed by atoms with E-state index in [9.17, 15) is 0 Å². The van der Waals surface area contributed by atoms with Gasteiger partial charge in [0.2, 0.25) is 0 Å². The Kier molecular flexibility index (Phi) is 5.38. The van der Waals surface area contributed by atoms with E-state index in [1.54, 1.807) is 0 Å². The van der Waals surface area contributed by atoms with Gasteiger partial charge in [-0.1, -0.05) is 37.3 Å². The SMILES string of the molecule is CCCNC1CC(c2ccccc2)CN(CC#N)C1. The molecule has 19 heavy (non-hydrogen) atoms. The van der Waals surface area contributed by atoms with Crippen LogP contribution in [0.25, 0.3) is 0 Å². The normalized spacial score (nSPS) is 24.0. The monoisotopic (exact) mass is 257 g/mol. The standard InChI is InChI=1S/C16H23N3/c1-2-9-18-16-11-15(12-19(13-16)10-8-17)14-6-4-3-5-7-14/h3-7,15-16,18H,2,9-13H2,1H3. The molecule has 0 spiro atoms. The van der Waals surface area contributed by atoms with Crippen molar-refractivity contribution in [1.82, 2.24) is 10.2 Å². The number of nitrogens with zero attached hydrogens (tertiary/aromatic N) is 2. The Hall–Kier alpha value is -1.37. The molecule has 0 bridgehead atoms. The van der Waals surface area contributed by atoms with Crippen LogP contribution in [-0.4, -0.2) is 37.1 Å². The molecule has 1 aliphatic rings. The number of nitriles is 1. The zero-order chi connectivity index (χ0) is 13.5. The molecule has 0 aliphatic carbocycles. The molecule has 1 fully saturated rings. The smallest absolute Gasteiger partial charge is 0.0866 e. The van der Waals surface area contributed by atoms with Crippen LogP contribution in [0.4, 0.5) is 0 Å². The highest BCUT2D eigenvalue weighted by atomic mass is 15.2. The number of likely N-dealkylation sites (tertiary alicyclic amines) is 1. The van der Waals surface area contributed by atoms with Crippen LogP contribution >= 0.6 is 0 Å². The van der Waals surface area contributed by atoms with Gasteiger partial charge in [0.15, 0.2) is 0 Å². The summed E-state index contributed by atoms with van der Waals surface area (Å²) in [5.41, 5.74) is 1.40. The fraction of sp³-hybridized carbons (Fsp3) is 0.562. The van der Waals surface area contributed by atoms with Crippen LogP contribution in [0, 0.1) is 11.3 Å². The van der Waals surface area contributed by atoms with Gasteiger partial charge < -0.3 is 5.32 Å². The first-order chi connectivity index (χ1) is 9.33. The van der Waals surface area contributed by atoms with E-state index in [1.165, 1.54) is 12.0 Å². The largest absolute Gasteiger partial charge is 0.313 e. The first-order valence-corrected chi connectivity index (χ1v) is 7.21. The van der Waals surface area contributed by atoms with Crippen molar-refractivity contribution < 1.29 is 0 Å². The second-order valence-corrected chi connectivity index (χ2v) is 5.35. The van der Waals surface area contributed by atoms with E-state index < -0.39 is 0 Å². The highest BCUT2D eigenvalue weighted by Crippen LogP contribution is 2.26. The third kappa shape index (κ3) is 4.05. The maximum absolute atomic E-state index is 8.93. The summed E-state index contributed by atoms with van der Waals surface area (Å²) >= 11 is 0. The molecule has 0 aromatic heterocycles. The third-order valence-corrected chi connectivity index (χ3v) is 3.77. The quantitative estimate of drug-likeness (QED) is 0.823. The summed E-state index contributed by atoms with van der Waals surface area (Å²) in [6, 6.07) is 13.5. The molecule has 3 nitrogen and oxygen atoms in total. The van der Waals surface area contributed by atoms with Crippen molar-refractivity contribution in [3.63, 3.8) is 0 Å². The van der Waals surface area contributed by atoms with Crippen LogP contribution < -0.4 is 5.32 Å². The van der Waals surface area contributed by atoms with E-state index in [0.717, 1.165) is 26.1 Å². The lowest BCUT2D eigenvalue weighted by Gasteiger charge is -2.37. The highest BCUT2D eigenvalue weighted by Gasteiger charge is 2.27. The predicted octanol–water partition coefficient (Wildman–Crippen LogP) is 2.37.